The van der Waals surface area contributed by atoms with Gasteiger partial charge < -0.3 is 19.5 Å². The monoisotopic (exact) mass is 379 g/mol. The van der Waals surface area contributed by atoms with E-state index in [-0.39, 0.29) is 11.8 Å². The predicted molar refractivity (Wildman–Crippen MR) is 105 cm³/mol. The predicted octanol–water partition coefficient (Wildman–Crippen LogP) is 3.37. The summed E-state index contributed by atoms with van der Waals surface area (Å²) in [5.74, 6) is 2.42. The van der Waals surface area contributed by atoms with E-state index in [1.165, 1.54) is 0 Å². The molecule has 7 nitrogen and oxygen atoms in total. The van der Waals surface area contributed by atoms with Gasteiger partial charge in [-0.25, -0.2) is 4.98 Å². The molecule has 1 aliphatic heterocycles. The fourth-order valence-electron chi connectivity index (χ4n) is 3.59. The highest BCUT2D eigenvalue weighted by molar-refractivity contribution is 5.94. The normalized spacial score (nSPS) is 15.5. The summed E-state index contributed by atoms with van der Waals surface area (Å²) in [5, 5.41) is 2.96. The molecule has 0 radical (unpaired) electrons. The maximum Gasteiger partial charge on any atom is 0.226 e. The molecule has 0 bridgehead atoms. The molecular weight excluding hydrogens is 358 g/mol. The van der Waals surface area contributed by atoms with Gasteiger partial charge in [-0.2, -0.15) is 0 Å². The van der Waals surface area contributed by atoms with Crippen LogP contribution < -0.4 is 19.5 Å². The molecule has 1 aromatic heterocycles. The molecule has 0 saturated heterocycles. The summed E-state index contributed by atoms with van der Waals surface area (Å²) in [5.41, 5.74) is 2.45. The number of carbonyl (C=O) groups excluding carboxylic acids is 1. The van der Waals surface area contributed by atoms with Crippen LogP contribution in [0, 0.1) is 0 Å². The second kappa shape index (κ2) is 7.26. The van der Waals surface area contributed by atoms with Crippen molar-refractivity contribution in [3.05, 3.63) is 60.0 Å². The molecule has 1 atom stereocenters. The number of hydrogen-bond acceptors (Lipinski definition) is 5. The third-order valence-electron chi connectivity index (χ3n) is 4.93. The van der Waals surface area contributed by atoms with Crippen molar-refractivity contribution in [3.63, 3.8) is 0 Å². The van der Waals surface area contributed by atoms with E-state index in [1.54, 1.807) is 27.7 Å². The molecule has 7 heteroatoms. The van der Waals surface area contributed by atoms with Gasteiger partial charge in [0.1, 0.15) is 29.4 Å². The van der Waals surface area contributed by atoms with Crippen LogP contribution in [-0.4, -0.2) is 36.8 Å². The number of nitrogens with one attached hydrogen (secondary N) is 1. The molecule has 0 saturated carbocycles. The first-order valence-electron chi connectivity index (χ1n) is 8.88. The number of anilines is 1. The molecule has 28 heavy (non-hydrogen) atoms. The molecule has 0 unspecified atom stereocenters. The summed E-state index contributed by atoms with van der Waals surface area (Å²) in [6.45, 7) is 0. The molecule has 0 fully saturated rings. The van der Waals surface area contributed by atoms with Gasteiger partial charge >= 0.3 is 0 Å². The van der Waals surface area contributed by atoms with Crippen LogP contribution in [0.5, 0.6) is 17.2 Å². The average molecular weight is 379 g/mol. The van der Waals surface area contributed by atoms with Crippen molar-refractivity contribution in [3.8, 4) is 22.9 Å². The highest BCUT2D eigenvalue weighted by Gasteiger charge is 2.33. The van der Waals surface area contributed by atoms with Crippen molar-refractivity contribution < 1.29 is 19.0 Å². The lowest BCUT2D eigenvalue weighted by Gasteiger charge is -2.25. The van der Waals surface area contributed by atoms with E-state index in [0.717, 1.165) is 22.7 Å². The van der Waals surface area contributed by atoms with Crippen LogP contribution in [0.4, 0.5) is 5.82 Å². The van der Waals surface area contributed by atoms with E-state index in [1.807, 2.05) is 47.0 Å². The second-order valence-corrected chi connectivity index (χ2v) is 6.43. The lowest BCUT2D eigenvalue weighted by atomic mass is 9.89. The Labute approximate surface area is 162 Å². The second-order valence-electron chi connectivity index (χ2n) is 6.43. The van der Waals surface area contributed by atoms with Crippen molar-refractivity contribution in [2.45, 2.75) is 12.3 Å². The fourth-order valence-corrected chi connectivity index (χ4v) is 3.59. The van der Waals surface area contributed by atoms with Gasteiger partial charge in [0.15, 0.2) is 0 Å². The summed E-state index contributed by atoms with van der Waals surface area (Å²) in [6, 6.07) is 13.2. The number of carbonyl (C=O) groups is 1. The molecule has 3 aromatic rings. The Morgan fingerprint density at radius 3 is 2.57 bits per heavy atom. The maximum absolute atomic E-state index is 12.5. The van der Waals surface area contributed by atoms with Crippen molar-refractivity contribution >= 4 is 11.7 Å². The fraction of sp³-hybridized carbons (Fsp3) is 0.238. The average Bonchev–Trinajstić information content (AvgIpc) is 3.16. The summed E-state index contributed by atoms with van der Waals surface area (Å²) in [6.07, 6.45) is 2.00. The summed E-state index contributed by atoms with van der Waals surface area (Å²) >= 11 is 0. The van der Waals surface area contributed by atoms with E-state index >= 15 is 0 Å². The molecule has 4 rings (SSSR count). The zero-order chi connectivity index (χ0) is 19.7. The minimum Gasteiger partial charge on any atom is -0.497 e. The number of nitrogens with zero attached hydrogens (tertiary/aromatic N) is 2. The molecule has 1 N–H and O–H groups in total. The molecule has 2 heterocycles. The Morgan fingerprint density at radius 1 is 1.04 bits per heavy atom. The first kappa shape index (κ1) is 17.9. The van der Waals surface area contributed by atoms with Gasteiger partial charge in [0.25, 0.3) is 0 Å². The largest absolute Gasteiger partial charge is 0.497 e. The third kappa shape index (κ3) is 2.94. The van der Waals surface area contributed by atoms with Crippen molar-refractivity contribution in [2.24, 2.45) is 0 Å². The van der Waals surface area contributed by atoms with Crippen LogP contribution in [0.3, 0.4) is 0 Å². The maximum atomic E-state index is 12.5. The van der Waals surface area contributed by atoms with Gasteiger partial charge in [-0.1, -0.05) is 18.2 Å². The van der Waals surface area contributed by atoms with Gasteiger partial charge in [0.2, 0.25) is 5.91 Å². The van der Waals surface area contributed by atoms with E-state index in [0.29, 0.717) is 23.7 Å². The van der Waals surface area contributed by atoms with E-state index in [2.05, 4.69) is 10.3 Å². The Balaban J connectivity index is 1.86. The minimum absolute atomic E-state index is 0.0768. The summed E-state index contributed by atoms with van der Waals surface area (Å²) < 4.78 is 18.2. The SMILES string of the molecule is COc1ccc(OC)c(-n2cnc3c2NC(=O)C[C@H]3c2ccccc2OC)c1. The van der Waals surface area contributed by atoms with Crippen molar-refractivity contribution in [2.75, 3.05) is 26.6 Å². The number of ether oxygens (including phenoxy) is 3. The Kier molecular flexibility index (Phi) is 4.65. The molecule has 1 aliphatic rings. The lowest BCUT2D eigenvalue weighted by molar-refractivity contribution is -0.116. The van der Waals surface area contributed by atoms with Crippen LogP contribution in [0.1, 0.15) is 23.6 Å². The first-order valence-corrected chi connectivity index (χ1v) is 8.88. The number of imidazole rings is 1. The smallest absolute Gasteiger partial charge is 0.226 e. The van der Waals surface area contributed by atoms with Crippen LogP contribution in [0.25, 0.3) is 5.69 Å². The molecule has 144 valence electrons. The molecule has 1 amide bonds. The van der Waals surface area contributed by atoms with Crippen LogP contribution >= 0.6 is 0 Å². The molecular formula is C21H21N3O4. The van der Waals surface area contributed by atoms with Crippen molar-refractivity contribution in [1.82, 2.24) is 9.55 Å². The number of hydrogen-bond donors (Lipinski definition) is 1. The number of rotatable bonds is 5. The van der Waals surface area contributed by atoms with Crippen LogP contribution in [-0.2, 0) is 4.79 Å². The molecule has 0 aliphatic carbocycles. The number of amides is 1. The topological polar surface area (TPSA) is 74.6 Å². The van der Waals surface area contributed by atoms with Gasteiger partial charge in [0.05, 0.1) is 32.7 Å². The Bertz CT molecular complexity index is 1030. The summed E-state index contributed by atoms with van der Waals surface area (Å²) in [4.78, 5) is 17.1. The molecule has 0 spiro atoms. The quantitative estimate of drug-likeness (QED) is 0.736. The highest BCUT2D eigenvalue weighted by Crippen LogP contribution is 2.41. The minimum atomic E-state index is -0.197. The van der Waals surface area contributed by atoms with Crippen molar-refractivity contribution in [1.29, 1.82) is 0 Å². The standard InChI is InChI=1S/C21H21N3O4/c1-26-13-8-9-18(28-3)16(10-13)24-12-22-20-15(11-19(25)23-21(20)24)14-6-4-5-7-17(14)27-2/h4-10,12,15H,11H2,1-3H3,(H,23,25)/t15-/m0/s1. The number of aromatic nitrogens is 2. The lowest BCUT2D eigenvalue weighted by Crippen LogP contribution is -2.25. The highest BCUT2D eigenvalue weighted by atomic mass is 16.5. The van der Waals surface area contributed by atoms with Gasteiger partial charge in [-0.05, 0) is 18.2 Å². The number of methoxy groups -OCH3 is 3. The van der Waals surface area contributed by atoms with E-state index in [9.17, 15) is 4.79 Å². The van der Waals surface area contributed by atoms with Gasteiger partial charge in [-0.15, -0.1) is 0 Å². The number of fused-ring (bicyclic) bond motifs is 1. The number of para-hydroxylation sites is 1. The first-order chi connectivity index (χ1) is 13.7. The molecule has 2 aromatic carbocycles. The van der Waals surface area contributed by atoms with Crippen LogP contribution in [0.15, 0.2) is 48.8 Å². The zero-order valence-corrected chi connectivity index (χ0v) is 15.9. The van der Waals surface area contributed by atoms with E-state index < -0.39 is 0 Å². The Hall–Kier alpha value is -3.48. The van der Waals surface area contributed by atoms with Crippen LogP contribution in [0.2, 0.25) is 0 Å². The van der Waals surface area contributed by atoms with Gasteiger partial charge in [-0.3, -0.25) is 9.36 Å². The van der Waals surface area contributed by atoms with E-state index in [4.69, 9.17) is 14.2 Å². The number of benzene rings is 2. The zero-order valence-electron chi connectivity index (χ0n) is 15.9. The van der Waals surface area contributed by atoms with Gasteiger partial charge in [0, 0.05) is 24.0 Å². The third-order valence-corrected chi connectivity index (χ3v) is 4.93. The Morgan fingerprint density at radius 2 is 1.82 bits per heavy atom. The summed E-state index contributed by atoms with van der Waals surface area (Å²) in [7, 11) is 4.84.